The summed E-state index contributed by atoms with van der Waals surface area (Å²) in [5.74, 6) is 2.03. The predicted octanol–water partition coefficient (Wildman–Crippen LogP) is 0.337. The second-order valence-corrected chi connectivity index (χ2v) is 6.44. The smallest absolute Gasteiger partial charge is 0.267 e. The van der Waals surface area contributed by atoms with Crippen LogP contribution in [0.15, 0.2) is 47.8 Å². The van der Waals surface area contributed by atoms with E-state index >= 15 is 0 Å². The van der Waals surface area contributed by atoms with Gasteiger partial charge in [0.15, 0.2) is 5.82 Å². The van der Waals surface area contributed by atoms with Crippen LogP contribution in [-0.4, -0.2) is 62.9 Å². The van der Waals surface area contributed by atoms with Gasteiger partial charge < -0.3 is 15.0 Å². The maximum Gasteiger partial charge on any atom is 0.267 e. The van der Waals surface area contributed by atoms with Gasteiger partial charge in [-0.15, -0.1) is 5.10 Å². The number of hydrogen-bond donors (Lipinski definition) is 1. The zero-order valence-electron chi connectivity index (χ0n) is 15.1. The minimum absolute atomic E-state index is 0.145. The average Bonchev–Trinajstić information content (AvgIpc) is 3.35. The molecule has 1 aliphatic heterocycles. The maximum atomic E-state index is 12.4. The number of ether oxygens (including phenoxy) is 1. The van der Waals surface area contributed by atoms with Gasteiger partial charge in [-0.2, -0.15) is 5.10 Å². The average molecular weight is 368 g/mol. The Morgan fingerprint density at radius 2 is 2.15 bits per heavy atom. The summed E-state index contributed by atoms with van der Waals surface area (Å²) in [6.07, 6.45) is 4.95. The Bertz CT molecular complexity index is 969. The van der Waals surface area contributed by atoms with Gasteiger partial charge in [0.1, 0.15) is 24.0 Å². The first-order chi connectivity index (χ1) is 13.1. The summed E-state index contributed by atoms with van der Waals surface area (Å²) in [6.45, 7) is 0.838. The highest BCUT2D eigenvalue weighted by Crippen LogP contribution is 2.22. The Morgan fingerprint density at radius 1 is 1.26 bits per heavy atom. The first-order valence-electron chi connectivity index (χ1n) is 8.55. The molecule has 140 valence electrons. The molecule has 3 aromatic heterocycles. The van der Waals surface area contributed by atoms with E-state index in [1.54, 1.807) is 29.2 Å². The van der Waals surface area contributed by atoms with Crippen molar-refractivity contribution >= 4 is 11.6 Å². The van der Waals surface area contributed by atoms with Gasteiger partial charge in [-0.1, -0.05) is 0 Å². The fourth-order valence-corrected chi connectivity index (χ4v) is 2.96. The minimum atomic E-state index is -0.259. The van der Waals surface area contributed by atoms with Crippen LogP contribution in [0.3, 0.4) is 0 Å². The van der Waals surface area contributed by atoms with Crippen molar-refractivity contribution in [3.63, 3.8) is 0 Å². The van der Waals surface area contributed by atoms with Crippen molar-refractivity contribution in [2.75, 3.05) is 37.5 Å². The summed E-state index contributed by atoms with van der Waals surface area (Å²) in [6, 6.07) is 6.40. The number of hydrogen-bond acceptors (Lipinski definition) is 8. The van der Waals surface area contributed by atoms with Gasteiger partial charge in [-0.25, -0.2) is 19.3 Å². The van der Waals surface area contributed by atoms with Crippen LogP contribution in [0.2, 0.25) is 0 Å². The standard InChI is InChI=1S/C17H20N8O2/c1-23(2)16-8-14(18-11-19-16)21-12-9-27-10-13(12)25-17(26)5-4-15(22-25)24-7-3-6-20-24/h3-8,11-13H,9-10H2,1-2H3,(H,18,19,21). The molecule has 10 heteroatoms. The van der Waals surface area contributed by atoms with Gasteiger partial charge in [-0.3, -0.25) is 4.79 Å². The lowest BCUT2D eigenvalue weighted by Gasteiger charge is -2.21. The van der Waals surface area contributed by atoms with Crippen molar-refractivity contribution in [2.45, 2.75) is 12.1 Å². The van der Waals surface area contributed by atoms with Gasteiger partial charge in [0, 0.05) is 38.6 Å². The van der Waals surface area contributed by atoms with Crippen LogP contribution in [-0.2, 0) is 4.74 Å². The Labute approximate surface area is 155 Å². The van der Waals surface area contributed by atoms with E-state index in [2.05, 4.69) is 25.5 Å². The zero-order chi connectivity index (χ0) is 18.8. The topological polar surface area (TPSA) is 103 Å². The van der Waals surface area contributed by atoms with E-state index in [9.17, 15) is 4.79 Å². The molecule has 2 unspecified atom stereocenters. The molecule has 27 heavy (non-hydrogen) atoms. The number of aromatic nitrogens is 6. The van der Waals surface area contributed by atoms with Crippen molar-refractivity contribution in [1.82, 2.24) is 29.5 Å². The Balaban J connectivity index is 1.61. The monoisotopic (exact) mass is 368 g/mol. The molecule has 0 saturated carbocycles. The van der Waals surface area contributed by atoms with Crippen LogP contribution in [0.1, 0.15) is 6.04 Å². The van der Waals surface area contributed by atoms with E-state index < -0.39 is 0 Å². The second-order valence-electron chi connectivity index (χ2n) is 6.44. The molecule has 0 radical (unpaired) electrons. The van der Waals surface area contributed by atoms with Crippen LogP contribution in [0, 0.1) is 0 Å². The Morgan fingerprint density at radius 3 is 2.93 bits per heavy atom. The third kappa shape index (κ3) is 3.51. The molecule has 0 bridgehead atoms. The molecule has 2 atom stereocenters. The van der Waals surface area contributed by atoms with Crippen molar-refractivity contribution in [3.8, 4) is 5.82 Å². The van der Waals surface area contributed by atoms with Crippen LogP contribution >= 0.6 is 0 Å². The molecule has 1 aliphatic rings. The highest BCUT2D eigenvalue weighted by molar-refractivity contribution is 5.48. The van der Waals surface area contributed by atoms with E-state index in [1.165, 1.54) is 17.1 Å². The molecule has 1 N–H and O–H groups in total. The van der Waals surface area contributed by atoms with Gasteiger partial charge in [-0.05, 0) is 12.1 Å². The van der Waals surface area contributed by atoms with E-state index in [0.717, 1.165) is 5.82 Å². The molecule has 10 nitrogen and oxygen atoms in total. The highest BCUT2D eigenvalue weighted by Gasteiger charge is 2.32. The van der Waals surface area contributed by atoms with Gasteiger partial charge in [0.2, 0.25) is 0 Å². The molecule has 1 saturated heterocycles. The summed E-state index contributed by atoms with van der Waals surface area (Å²) in [5.41, 5.74) is -0.190. The Hall–Kier alpha value is -3.27. The third-order valence-corrected chi connectivity index (χ3v) is 4.36. The quantitative estimate of drug-likeness (QED) is 0.688. The van der Waals surface area contributed by atoms with Gasteiger partial charge in [0.25, 0.3) is 5.56 Å². The van der Waals surface area contributed by atoms with Crippen LogP contribution in [0.5, 0.6) is 0 Å². The van der Waals surface area contributed by atoms with E-state index in [1.807, 2.05) is 25.1 Å². The van der Waals surface area contributed by atoms with Crippen LogP contribution in [0.4, 0.5) is 11.6 Å². The van der Waals surface area contributed by atoms with E-state index in [4.69, 9.17) is 4.74 Å². The van der Waals surface area contributed by atoms with Crippen LogP contribution < -0.4 is 15.8 Å². The molecule has 0 aliphatic carbocycles. The SMILES string of the molecule is CN(C)c1cc(NC2COCC2n2nc(-n3cccn3)ccc2=O)ncn1. The summed E-state index contributed by atoms with van der Waals surface area (Å²) < 4.78 is 8.69. The first-order valence-corrected chi connectivity index (χ1v) is 8.55. The number of nitrogens with one attached hydrogen (secondary N) is 1. The van der Waals surface area contributed by atoms with E-state index in [-0.39, 0.29) is 17.6 Å². The second kappa shape index (κ2) is 7.16. The molecule has 0 aromatic carbocycles. The molecule has 1 fully saturated rings. The molecule has 0 spiro atoms. The normalized spacial score (nSPS) is 19.2. The van der Waals surface area contributed by atoms with Gasteiger partial charge >= 0.3 is 0 Å². The lowest BCUT2D eigenvalue weighted by atomic mass is 10.1. The number of rotatable bonds is 5. The van der Waals surface area contributed by atoms with Crippen molar-refractivity contribution in [3.05, 3.63) is 53.3 Å². The fraction of sp³-hybridized carbons (Fsp3) is 0.353. The highest BCUT2D eigenvalue weighted by atomic mass is 16.5. The lowest BCUT2D eigenvalue weighted by Crippen LogP contribution is -2.37. The molecular weight excluding hydrogens is 348 g/mol. The third-order valence-electron chi connectivity index (χ3n) is 4.36. The molecule has 0 amide bonds. The molecule has 4 rings (SSSR count). The van der Waals surface area contributed by atoms with Crippen molar-refractivity contribution in [1.29, 1.82) is 0 Å². The number of nitrogens with zero attached hydrogens (tertiary/aromatic N) is 7. The van der Waals surface area contributed by atoms with Crippen molar-refractivity contribution < 1.29 is 4.74 Å². The lowest BCUT2D eigenvalue weighted by molar-refractivity contribution is 0.182. The maximum absolute atomic E-state index is 12.4. The van der Waals surface area contributed by atoms with E-state index in [0.29, 0.717) is 24.8 Å². The summed E-state index contributed by atoms with van der Waals surface area (Å²) in [4.78, 5) is 22.8. The minimum Gasteiger partial charge on any atom is -0.377 e. The summed E-state index contributed by atoms with van der Waals surface area (Å²) >= 11 is 0. The molecular formula is C17H20N8O2. The zero-order valence-corrected chi connectivity index (χ0v) is 15.1. The predicted molar refractivity (Wildman–Crippen MR) is 99.2 cm³/mol. The molecule has 4 heterocycles. The largest absolute Gasteiger partial charge is 0.377 e. The Kier molecular flexibility index (Phi) is 4.55. The first kappa shape index (κ1) is 17.2. The van der Waals surface area contributed by atoms with Gasteiger partial charge in [0.05, 0.1) is 19.3 Å². The summed E-state index contributed by atoms with van der Waals surface area (Å²) in [7, 11) is 3.83. The van der Waals surface area contributed by atoms with Crippen molar-refractivity contribution in [2.24, 2.45) is 0 Å². The molecule has 3 aromatic rings. The fourth-order valence-electron chi connectivity index (χ4n) is 2.96. The number of anilines is 2. The summed E-state index contributed by atoms with van der Waals surface area (Å²) in [5, 5.41) is 12.0. The van der Waals surface area contributed by atoms with Crippen LogP contribution in [0.25, 0.3) is 5.82 Å².